The molecule has 1 aromatic rings. The predicted molar refractivity (Wildman–Crippen MR) is 112 cm³/mol. The monoisotopic (exact) mass is 580 g/mol. The molecule has 6 atom stereocenters. The Kier molecular flexibility index (Phi) is 6.12. The van der Waals surface area contributed by atoms with Gasteiger partial charge in [0.25, 0.3) is 5.91 Å². The van der Waals surface area contributed by atoms with E-state index in [-0.39, 0.29) is 21.5 Å². The molecule has 2 aliphatic carbocycles. The van der Waals surface area contributed by atoms with Gasteiger partial charge in [0.05, 0.1) is 23.1 Å². The Labute approximate surface area is 197 Å². The van der Waals surface area contributed by atoms with Gasteiger partial charge in [0.15, 0.2) is 6.61 Å². The second-order valence-electron chi connectivity index (χ2n) is 8.02. The van der Waals surface area contributed by atoms with Gasteiger partial charge in [0.2, 0.25) is 11.8 Å². The number of nitrogens with one attached hydrogen (secondary N) is 1. The number of alkyl halides is 5. The highest BCUT2D eigenvalue weighted by Gasteiger charge is 2.66. The maximum atomic E-state index is 13.0. The Morgan fingerprint density at radius 2 is 1.62 bits per heavy atom. The summed E-state index contributed by atoms with van der Waals surface area (Å²) in [6.45, 7) is -1.50. The van der Waals surface area contributed by atoms with Crippen LogP contribution < -0.4 is 5.32 Å². The highest BCUT2D eigenvalue weighted by Crippen LogP contribution is 2.60. The van der Waals surface area contributed by atoms with Crippen LogP contribution in [0.25, 0.3) is 0 Å². The number of nitrogens with zero attached hydrogens (tertiary/aromatic N) is 1. The smallest absolute Gasteiger partial charge is 0.418 e. The van der Waals surface area contributed by atoms with E-state index in [0.29, 0.717) is 0 Å². The Morgan fingerprint density at radius 3 is 2.19 bits per heavy atom. The molecule has 7 nitrogen and oxygen atoms in total. The predicted octanol–water partition coefficient (Wildman–Crippen LogP) is 2.97. The van der Waals surface area contributed by atoms with Crippen LogP contribution >= 0.6 is 31.9 Å². The molecule has 1 aliphatic heterocycles. The molecule has 172 valence electrons. The molecule has 4 rings (SSSR count). The molecule has 1 aromatic carbocycles. The number of esters is 1. The van der Waals surface area contributed by atoms with Crippen LogP contribution in [0.1, 0.15) is 12.0 Å². The summed E-state index contributed by atoms with van der Waals surface area (Å²) in [5.41, 5.74) is -1.51. The molecule has 1 N–H and O–H groups in total. The molecule has 0 aromatic heterocycles. The summed E-state index contributed by atoms with van der Waals surface area (Å²) in [5, 5.41) is 2.05. The number of likely N-dealkylation sites (tertiary alicyclic amines) is 1. The fourth-order valence-electron chi connectivity index (χ4n) is 4.91. The lowest BCUT2D eigenvalue weighted by molar-refractivity contribution is -0.154. The first-order chi connectivity index (χ1) is 15.0. The van der Waals surface area contributed by atoms with E-state index in [2.05, 4.69) is 37.2 Å². The first-order valence-corrected chi connectivity index (χ1v) is 11.6. The van der Waals surface area contributed by atoms with Gasteiger partial charge >= 0.3 is 12.1 Å². The molecule has 1 saturated heterocycles. The first-order valence-electron chi connectivity index (χ1n) is 9.75. The van der Waals surface area contributed by atoms with Crippen LogP contribution in [0.2, 0.25) is 0 Å². The second kappa shape index (κ2) is 8.44. The number of carbonyl (C=O) groups excluding carboxylic acids is 4. The summed E-state index contributed by atoms with van der Waals surface area (Å²) in [6, 6.07) is 4.39. The third kappa shape index (κ3) is 3.95. The molecule has 3 amide bonds. The van der Waals surface area contributed by atoms with Crippen molar-refractivity contribution < 1.29 is 37.1 Å². The second-order valence-corrected chi connectivity index (χ2v) is 10.1. The van der Waals surface area contributed by atoms with E-state index >= 15 is 0 Å². The van der Waals surface area contributed by atoms with Gasteiger partial charge in [0, 0.05) is 9.65 Å². The highest BCUT2D eigenvalue weighted by molar-refractivity contribution is 9.12. The lowest BCUT2D eigenvalue weighted by atomic mass is 9.81. The van der Waals surface area contributed by atoms with Crippen LogP contribution in [-0.4, -0.2) is 51.4 Å². The van der Waals surface area contributed by atoms with Crippen molar-refractivity contribution in [1.29, 1.82) is 0 Å². The van der Waals surface area contributed by atoms with E-state index in [4.69, 9.17) is 4.74 Å². The molecule has 2 saturated carbocycles. The van der Waals surface area contributed by atoms with E-state index in [0.717, 1.165) is 23.5 Å². The minimum atomic E-state index is -4.67. The summed E-state index contributed by atoms with van der Waals surface area (Å²) in [5.74, 6) is -3.83. The van der Waals surface area contributed by atoms with Crippen LogP contribution in [0.5, 0.6) is 0 Å². The molecule has 0 radical (unpaired) electrons. The summed E-state index contributed by atoms with van der Waals surface area (Å²) in [7, 11) is 0. The average Bonchev–Trinajstić information content (AvgIpc) is 3.33. The van der Waals surface area contributed by atoms with Crippen molar-refractivity contribution in [1.82, 2.24) is 4.90 Å². The molecule has 1 heterocycles. The van der Waals surface area contributed by atoms with Crippen molar-refractivity contribution in [3.63, 3.8) is 0 Å². The number of benzene rings is 1. The summed E-state index contributed by atoms with van der Waals surface area (Å²) in [6.07, 6.45) is -3.92. The number of carbonyl (C=O) groups is 4. The molecule has 3 aliphatic rings. The number of rotatable bonds is 5. The standard InChI is InChI=1S/C20H17Br2F3N2O5/c21-16-8-5-9(17(16)22)15-14(8)18(30)27(19(15)31)6-13(29)32-7-12(28)26-11-4-2-1-3-10(11)20(23,24)25/h1-4,8-9,14-17H,5-7H2,(H,26,28)/t8-,9-,14-,15+,16-,17+/m1/s1. The van der Waals surface area contributed by atoms with Crippen LogP contribution in [0.15, 0.2) is 24.3 Å². The quantitative estimate of drug-likeness (QED) is 0.328. The van der Waals surface area contributed by atoms with E-state index in [1.54, 1.807) is 0 Å². The van der Waals surface area contributed by atoms with Gasteiger partial charge in [-0.05, 0) is 30.4 Å². The van der Waals surface area contributed by atoms with Crippen molar-refractivity contribution in [2.24, 2.45) is 23.7 Å². The highest BCUT2D eigenvalue weighted by atomic mass is 79.9. The number of fused-ring (bicyclic) bond motifs is 5. The molecule has 32 heavy (non-hydrogen) atoms. The topological polar surface area (TPSA) is 92.8 Å². The van der Waals surface area contributed by atoms with Gasteiger partial charge in [-0.15, -0.1) is 0 Å². The Morgan fingerprint density at radius 1 is 1.06 bits per heavy atom. The normalized spacial score (nSPS) is 31.1. The minimum absolute atomic E-state index is 0.00803. The fraction of sp³-hybridized carbons (Fsp3) is 0.500. The Balaban J connectivity index is 1.33. The van der Waals surface area contributed by atoms with E-state index in [1.807, 2.05) is 0 Å². The Bertz CT molecular complexity index is 956. The van der Waals surface area contributed by atoms with Crippen LogP contribution in [0.4, 0.5) is 18.9 Å². The lowest BCUT2D eigenvalue weighted by Crippen LogP contribution is -2.38. The van der Waals surface area contributed by atoms with Crippen LogP contribution in [0, 0.1) is 23.7 Å². The van der Waals surface area contributed by atoms with Crippen molar-refractivity contribution in [2.75, 3.05) is 18.5 Å². The van der Waals surface area contributed by atoms with Crippen molar-refractivity contribution in [3.05, 3.63) is 29.8 Å². The maximum absolute atomic E-state index is 13.0. The maximum Gasteiger partial charge on any atom is 0.418 e. The number of para-hydroxylation sites is 1. The number of imide groups is 1. The third-order valence-electron chi connectivity index (χ3n) is 6.24. The van der Waals surface area contributed by atoms with Crippen LogP contribution in [-0.2, 0) is 30.1 Å². The molecular formula is C20H17Br2F3N2O5. The average molecular weight is 582 g/mol. The van der Waals surface area contributed by atoms with E-state index in [9.17, 15) is 32.3 Å². The Hall–Kier alpha value is -1.95. The third-order valence-corrected chi connectivity index (χ3v) is 9.44. The SMILES string of the molecule is O=C(COC(=O)CN1C(=O)[C@@H]2[C@H]3C[C@@H]([C@H](Br)[C@@H]3Br)[C@@H]2C1=O)Nc1ccccc1C(F)(F)F. The number of halogens is 5. The van der Waals surface area contributed by atoms with Gasteiger partial charge in [-0.2, -0.15) is 13.2 Å². The molecule has 2 bridgehead atoms. The van der Waals surface area contributed by atoms with E-state index in [1.165, 1.54) is 12.1 Å². The van der Waals surface area contributed by atoms with Gasteiger partial charge in [0.1, 0.15) is 6.54 Å². The minimum Gasteiger partial charge on any atom is -0.454 e. The fourth-order valence-corrected chi connectivity index (χ4v) is 6.79. The van der Waals surface area contributed by atoms with Gasteiger partial charge in [-0.3, -0.25) is 24.1 Å². The number of hydrogen-bond acceptors (Lipinski definition) is 5. The number of ether oxygens (including phenoxy) is 1. The van der Waals surface area contributed by atoms with Crippen molar-refractivity contribution >= 4 is 61.2 Å². The number of anilines is 1. The number of hydrogen-bond donors (Lipinski definition) is 1. The molecule has 12 heteroatoms. The lowest BCUT2D eigenvalue weighted by Gasteiger charge is -2.28. The zero-order valence-electron chi connectivity index (χ0n) is 16.3. The van der Waals surface area contributed by atoms with E-state index < -0.39 is 66.1 Å². The van der Waals surface area contributed by atoms with Crippen molar-refractivity contribution in [2.45, 2.75) is 22.3 Å². The zero-order chi connectivity index (χ0) is 23.4. The zero-order valence-corrected chi connectivity index (χ0v) is 19.4. The molecule has 3 fully saturated rings. The van der Waals surface area contributed by atoms with Gasteiger partial charge in [-0.25, -0.2) is 0 Å². The largest absolute Gasteiger partial charge is 0.454 e. The summed E-state index contributed by atoms with van der Waals surface area (Å²) in [4.78, 5) is 50.6. The molecule has 0 unspecified atom stereocenters. The summed E-state index contributed by atoms with van der Waals surface area (Å²) < 4.78 is 43.8. The molecule has 0 spiro atoms. The first kappa shape index (κ1) is 23.2. The molecular weight excluding hydrogens is 565 g/mol. The van der Waals surface area contributed by atoms with Crippen molar-refractivity contribution in [3.8, 4) is 0 Å². The van der Waals surface area contributed by atoms with Crippen LogP contribution in [0.3, 0.4) is 0 Å². The van der Waals surface area contributed by atoms with Gasteiger partial charge in [-0.1, -0.05) is 44.0 Å². The number of amides is 3. The van der Waals surface area contributed by atoms with Gasteiger partial charge < -0.3 is 10.1 Å². The summed E-state index contributed by atoms with van der Waals surface area (Å²) >= 11 is 7.13.